The number of nitrogens with two attached hydrogens (primary N) is 2. The van der Waals surface area contributed by atoms with Crippen molar-refractivity contribution >= 4 is 29.0 Å². The van der Waals surface area contributed by atoms with Crippen LogP contribution in [0.5, 0.6) is 0 Å². The summed E-state index contributed by atoms with van der Waals surface area (Å²) in [4.78, 5) is 15.5. The van der Waals surface area contributed by atoms with Gasteiger partial charge in [0.2, 0.25) is 0 Å². The third-order valence-electron chi connectivity index (χ3n) is 2.90. The van der Waals surface area contributed by atoms with Crippen LogP contribution >= 0.6 is 11.6 Å². The quantitative estimate of drug-likeness (QED) is 0.806. The van der Waals surface area contributed by atoms with Gasteiger partial charge in [-0.3, -0.25) is 4.79 Å². The lowest BCUT2D eigenvalue weighted by atomic mass is 10.1. The van der Waals surface area contributed by atoms with Gasteiger partial charge in [0.15, 0.2) is 0 Å². The first-order valence-electron chi connectivity index (χ1n) is 6.05. The number of carbonyl (C=O) groups excluding carboxylic acids is 1. The molecular weight excluding hydrogens is 276 g/mol. The summed E-state index contributed by atoms with van der Waals surface area (Å²) in [7, 11) is 0. The Bertz CT molecular complexity index is 645. The van der Waals surface area contributed by atoms with E-state index in [-0.39, 0.29) is 11.6 Å². The number of anilines is 2. The first kappa shape index (κ1) is 14.1. The van der Waals surface area contributed by atoms with Gasteiger partial charge in [0.05, 0.1) is 23.5 Å². The molecule has 20 heavy (non-hydrogen) atoms. The number of nitrogen functional groups attached to an aromatic ring is 1. The highest BCUT2D eigenvalue weighted by atomic mass is 35.5. The number of halogens is 1. The molecule has 1 unspecified atom stereocenters. The van der Waals surface area contributed by atoms with Crippen LogP contribution in [-0.4, -0.2) is 10.9 Å². The van der Waals surface area contributed by atoms with E-state index in [2.05, 4.69) is 10.3 Å². The third-order valence-corrected chi connectivity index (χ3v) is 3.24. The molecule has 2 aromatic rings. The van der Waals surface area contributed by atoms with E-state index in [0.717, 1.165) is 5.56 Å². The second-order valence-corrected chi connectivity index (χ2v) is 4.82. The van der Waals surface area contributed by atoms with Gasteiger partial charge < -0.3 is 16.8 Å². The van der Waals surface area contributed by atoms with Gasteiger partial charge in [0.1, 0.15) is 5.82 Å². The Labute approximate surface area is 121 Å². The molecule has 5 N–H and O–H groups in total. The van der Waals surface area contributed by atoms with Crippen LogP contribution in [0.4, 0.5) is 11.5 Å². The second kappa shape index (κ2) is 5.79. The molecule has 0 aliphatic heterocycles. The van der Waals surface area contributed by atoms with E-state index in [1.54, 1.807) is 6.07 Å². The minimum atomic E-state index is -0.585. The normalized spacial score (nSPS) is 11.9. The molecule has 1 atom stereocenters. The zero-order valence-electron chi connectivity index (χ0n) is 10.9. The van der Waals surface area contributed by atoms with Crippen molar-refractivity contribution in [2.45, 2.75) is 13.0 Å². The predicted octanol–water partition coefficient (Wildman–Crippen LogP) is 2.59. The maximum Gasteiger partial charge on any atom is 0.252 e. The monoisotopic (exact) mass is 290 g/mol. The number of benzene rings is 1. The average molecular weight is 291 g/mol. The number of hydrogen-bond acceptors (Lipinski definition) is 4. The second-order valence-electron chi connectivity index (χ2n) is 4.42. The molecule has 1 aromatic heterocycles. The van der Waals surface area contributed by atoms with Crippen LogP contribution in [0.25, 0.3) is 0 Å². The van der Waals surface area contributed by atoms with Crippen molar-refractivity contribution in [3.63, 3.8) is 0 Å². The van der Waals surface area contributed by atoms with Crippen molar-refractivity contribution < 1.29 is 4.79 Å². The summed E-state index contributed by atoms with van der Waals surface area (Å²) in [6.07, 6.45) is 1.47. The highest BCUT2D eigenvalue weighted by Gasteiger charge is 2.15. The predicted molar refractivity (Wildman–Crippen MR) is 80.7 cm³/mol. The molecule has 0 aliphatic carbocycles. The lowest BCUT2D eigenvalue weighted by Crippen LogP contribution is -2.17. The molecule has 0 spiro atoms. The highest BCUT2D eigenvalue weighted by molar-refractivity contribution is 6.31. The summed E-state index contributed by atoms with van der Waals surface area (Å²) >= 11 is 6.14. The fraction of sp³-hybridized carbons (Fsp3) is 0.143. The number of nitrogens with one attached hydrogen (secondary N) is 1. The summed E-state index contributed by atoms with van der Waals surface area (Å²) in [6.45, 7) is 1.92. The first-order chi connectivity index (χ1) is 9.49. The van der Waals surface area contributed by atoms with E-state index >= 15 is 0 Å². The smallest absolute Gasteiger partial charge is 0.252 e. The summed E-state index contributed by atoms with van der Waals surface area (Å²) in [5.41, 5.74) is 12.5. The maximum absolute atomic E-state index is 11.4. The van der Waals surface area contributed by atoms with Crippen molar-refractivity contribution in [2.24, 2.45) is 5.73 Å². The van der Waals surface area contributed by atoms with Gasteiger partial charge in [-0.25, -0.2) is 4.98 Å². The summed E-state index contributed by atoms with van der Waals surface area (Å²) in [6, 6.07) is 8.83. The zero-order valence-corrected chi connectivity index (χ0v) is 11.7. The Hall–Kier alpha value is -2.27. The molecule has 0 saturated heterocycles. The van der Waals surface area contributed by atoms with Gasteiger partial charge in [0.25, 0.3) is 5.91 Å². The topological polar surface area (TPSA) is 94.0 Å². The number of primary amides is 1. The van der Waals surface area contributed by atoms with E-state index in [0.29, 0.717) is 16.5 Å². The summed E-state index contributed by atoms with van der Waals surface area (Å²) in [5.74, 6) is -0.197. The molecule has 104 valence electrons. The minimum Gasteiger partial charge on any atom is -0.397 e. The van der Waals surface area contributed by atoms with Crippen molar-refractivity contribution in [1.82, 2.24) is 4.98 Å². The van der Waals surface area contributed by atoms with Crippen molar-refractivity contribution in [3.05, 3.63) is 52.7 Å². The lowest BCUT2D eigenvalue weighted by Gasteiger charge is -2.18. The van der Waals surface area contributed by atoms with Crippen LogP contribution in [0.3, 0.4) is 0 Å². The van der Waals surface area contributed by atoms with Gasteiger partial charge >= 0.3 is 0 Å². The number of nitrogens with zero attached hydrogens (tertiary/aromatic N) is 1. The molecular formula is C14H15ClN4O. The van der Waals surface area contributed by atoms with Gasteiger partial charge in [0, 0.05) is 5.02 Å². The average Bonchev–Trinajstić information content (AvgIpc) is 2.41. The Morgan fingerprint density at radius 1 is 1.40 bits per heavy atom. The number of pyridine rings is 1. The molecule has 2 rings (SSSR count). The molecule has 0 radical (unpaired) electrons. The maximum atomic E-state index is 11.4. The number of hydrogen-bond donors (Lipinski definition) is 3. The Morgan fingerprint density at radius 3 is 2.75 bits per heavy atom. The van der Waals surface area contributed by atoms with Crippen molar-refractivity contribution in [1.29, 1.82) is 0 Å². The van der Waals surface area contributed by atoms with Crippen molar-refractivity contribution in [2.75, 3.05) is 11.1 Å². The lowest BCUT2D eigenvalue weighted by molar-refractivity contribution is 0.100. The zero-order chi connectivity index (χ0) is 14.7. The van der Waals surface area contributed by atoms with Gasteiger partial charge in [-0.2, -0.15) is 0 Å². The SMILES string of the molecule is CC(Nc1ncc(N)cc1C(N)=O)c1ccccc1Cl. The minimum absolute atomic E-state index is 0.127. The molecule has 0 saturated carbocycles. The van der Waals surface area contributed by atoms with E-state index in [1.807, 2.05) is 25.1 Å². The van der Waals surface area contributed by atoms with Crippen LogP contribution in [0, 0.1) is 0 Å². The molecule has 1 heterocycles. The van der Waals surface area contributed by atoms with Crippen LogP contribution in [0.1, 0.15) is 28.9 Å². The number of carbonyl (C=O) groups is 1. The molecule has 1 amide bonds. The first-order valence-corrected chi connectivity index (χ1v) is 6.43. The molecule has 0 aliphatic rings. The molecule has 0 fully saturated rings. The fourth-order valence-electron chi connectivity index (χ4n) is 1.89. The van der Waals surface area contributed by atoms with Gasteiger partial charge in [-0.05, 0) is 24.6 Å². The van der Waals surface area contributed by atoms with E-state index in [4.69, 9.17) is 23.1 Å². The van der Waals surface area contributed by atoms with E-state index < -0.39 is 5.91 Å². The van der Waals surface area contributed by atoms with Crippen LogP contribution in [0.15, 0.2) is 36.5 Å². The van der Waals surface area contributed by atoms with E-state index in [1.165, 1.54) is 12.3 Å². The fourth-order valence-corrected chi connectivity index (χ4v) is 2.19. The Morgan fingerprint density at radius 2 is 2.10 bits per heavy atom. The third kappa shape index (κ3) is 3.00. The van der Waals surface area contributed by atoms with Gasteiger partial charge in [-0.1, -0.05) is 29.8 Å². The Balaban J connectivity index is 2.31. The van der Waals surface area contributed by atoms with Crippen LogP contribution in [0.2, 0.25) is 5.02 Å². The van der Waals surface area contributed by atoms with Crippen molar-refractivity contribution in [3.8, 4) is 0 Å². The Kier molecular flexibility index (Phi) is 4.10. The largest absolute Gasteiger partial charge is 0.397 e. The van der Waals surface area contributed by atoms with Crippen LogP contribution in [-0.2, 0) is 0 Å². The van der Waals surface area contributed by atoms with E-state index in [9.17, 15) is 4.79 Å². The molecule has 1 aromatic carbocycles. The molecule has 6 heteroatoms. The summed E-state index contributed by atoms with van der Waals surface area (Å²) < 4.78 is 0. The number of amides is 1. The molecule has 5 nitrogen and oxygen atoms in total. The van der Waals surface area contributed by atoms with Crippen LogP contribution < -0.4 is 16.8 Å². The number of rotatable bonds is 4. The van der Waals surface area contributed by atoms with Gasteiger partial charge in [-0.15, -0.1) is 0 Å². The standard InChI is InChI=1S/C14H15ClN4O/c1-8(10-4-2-3-5-12(10)15)19-14-11(13(17)20)6-9(16)7-18-14/h2-8H,16H2,1H3,(H2,17,20)(H,18,19). The summed E-state index contributed by atoms with van der Waals surface area (Å²) in [5, 5.41) is 3.77. The highest BCUT2D eigenvalue weighted by Crippen LogP contribution is 2.26. The number of aromatic nitrogens is 1. The molecule has 0 bridgehead atoms.